The fraction of sp³-hybridized carbons (Fsp3) is 0.600. The van der Waals surface area contributed by atoms with Crippen LogP contribution in [0.3, 0.4) is 0 Å². The van der Waals surface area contributed by atoms with Gasteiger partial charge in [0, 0.05) is 18.5 Å². The average Bonchev–Trinajstić information content (AvgIpc) is 2.89. The molecule has 0 bridgehead atoms. The van der Waals surface area contributed by atoms with E-state index in [0.29, 0.717) is 23.5 Å². The maximum Gasteiger partial charge on any atom is 0.270 e. The van der Waals surface area contributed by atoms with Gasteiger partial charge in [-0.3, -0.25) is 4.79 Å². The summed E-state index contributed by atoms with van der Waals surface area (Å²) >= 11 is 1.27. The van der Waals surface area contributed by atoms with Crippen LogP contribution in [0.15, 0.2) is 5.38 Å². The van der Waals surface area contributed by atoms with Crippen LogP contribution in [0.5, 0.6) is 0 Å². The van der Waals surface area contributed by atoms with Crippen molar-refractivity contribution in [1.82, 2.24) is 10.3 Å². The van der Waals surface area contributed by atoms with Gasteiger partial charge in [-0.2, -0.15) is 0 Å². The second kappa shape index (κ2) is 5.27. The van der Waals surface area contributed by atoms with E-state index in [1.807, 2.05) is 0 Å². The van der Waals surface area contributed by atoms with E-state index in [2.05, 4.69) is 10.3 Å². The first-order chi connectivity index (χ1) is 7.75. The number of amides is 1. The van der Waals surface area contributed by atoms with Crippen molar-refractivity contribution >= 4 is 22.4 Å². The average molecular weight is 241 g/mol. The first-order valence-corrected chi connectivity index (χ1v) is 6.24. The Hall–Kier alpha value is -1.14. The van der Waals surface area contributed by atoms with Crippen LogP contribution in [0.1, 0.15) is 29.8 Å². The summed E-state index contributed by atoms with van der Waals surface area (Å²) in [6, 6.07) is 0. The lowest BCUT2D eigenvalue weighted by Gasteiger charge is -2.09. The minimum absolute atomic E-state index is 0.161. The van der Waals surface area contributed by atoms with Crippen molar-refractivity contribution in [3.05, 3.63) is 11.1 Å². The molecular formula is C10H15N3O2S. The molecule has 0 radical (unpaired) electrons. The molecule has 1 aliphatic heterocycles. The van der Waals surface area contributed by atoms with E-state index < -0.39 is 0 Å². The Kier molecular flexibility index (Phi) is 3.74. The van der Waals surface area contributed by atoms with Gasteiger partial charge in [0.15, 0.2) is 5.13 Å². The van der Waals surface area contributed by atoms with Crippen LogP contribution in [-0.4, -0.2) is 30.1 Å². The second-order valence-corrected chi connectivity index (χ2v) is 4.64. The molecule has 1 saturated heterocycles. The molecule has 1 aromatic rings. The van der Waals surface area contributed by atoms with Crippen LogP contribution in [-0.2, 0) is 4.74 Å². The van der Waals surface area contributed by atoms with Gasteiger partial charge in [-0.05, 0) is 19.3 Å². The summed E-state index contributed by atoms with van der Waals surface area (Å²) in [4.78, 5) is 15.5. The highest BCUT2D eigenvalue weighted by Gasteiger charge is 2.15. The number of hydrogen-bond acceptors (Lipinski definition) is 5. The zero-order chi connectivity index (χ0) is 11.4. The molecule has 0 saturated carbocycles. The van der Waals surface area contributed by atoms with Gasteiger partial charge >= 0.3 is 0 Å². The molecule has 1 aromatic heterocycles. The highest BCUT2D eigenvalue weighted by Crippen LogP contribution is 2.14. The fourth-order valence-corrected chi connectivity index (χ4v) is 2.24. The molecule has 6 heteroatoms. The Balaban J connectivity index is 1.71. The number of ether oxygens (including phenoxy) is 1. The zero-order valence-electron chi connectivity index (χ0n) is 8.94. The van der Waals surface area contributed by atoms with Crippen molar-refractivity contribution in [1.29, 1.82) is 0 Å². The molecule has 0 aromatic carbocycles. The number of nitrogens with two attached hydrogens (primary N) is 1. The van der Waals surface area contributed by atoms with Crippen molar-refractivity contribution in [2.75, 3.05) is 18.9 Å². The maximum atomic E-state index is 11.6. The van der Waals surface area contributed by atoms with Crippen LogP contribution >= 0.6 is 11.3 Å². The summed E-state index contributed by atoms with van der Waals surface area (Å²) in [6.45, 7) is 1.47. The number of carbonyl (C=O) groups is 1. The van der Waals surface area contributed by atoms with Gasteiger partial charge in [-0.25, -0.2) is 4.98 Å². The lowest BCUT2D eigenvalue weighted by atomic mass is 10.2. The minimum Gasteiger partial charge on any atom is -0.378 e. The minimum atomic E-state index is -0.161. The number of anilines is 1. The molecule has 1 aliphatic rings. The Bertz CT molecular complexity index is 361. The van der Waals surface area contributed by atoms with Gasteiger partial charge in [0.05, 0.1) is 6.10 Å². The number of carbonyl (C=O) groups excluding carboxylic acids is 1. The van der Waals surface area contributed by atoms with Crippen molar-refractivity contribution < 1.29 is 9.53 Å². The largest absolute Gasteiger partial charge is 0.378 e. The maximum absolute atomic E-state index is 11.6. The third kappa shape index (κ3) is 2.93. The fourth-order valence-electron chi connectivity index (χ4n) is 1.70. The topological polar surface area (TPSA) is 77.2 Å². The summed E-state index contributed by atoms with van der Waals surface area (Å²) in [6.07, 6.45) is 3.40. The summed E-state index contributed by atoms with van der Waals surface area (Å²) < 4.78 is 5.46. The summed E-state index contributed by atoms with van der Waals surface area (Å²) in [5, 5.41) is 4.89. The molecule has 0 aliphatic carbocycles. The number of nitrogens with zero attached hydrogens (tertiary/aromatic N) is 1. The molecule has 88 valence electrons. The predicted octanol–water partition coefficient (Wildman–Crippen LogP) is 1.02. The number of nitrogens with one attached hydrogen (secondary N) is 1. The van der Waals surface area contributed by atoms with Crippen LogP contribution in [0, 0.1) is 0 Å². The first-order valence-electron chi connectivity index (χ1n) is 5.36. The Morgan fingerprint density at radius 2 is 2.62 bits per heavy atom. The highest BCUT2D eigenvalue weighted by molar-refractivity contribution is 7.13. The predicted molar refractivity (Wildman–Crippen MR) is 62.5 cm³/mol. The lowest BCUT2D eigenvalue weighted by Crippen LogP contribution is -2.27. The zero-order valence-corrected chi connectivity index (χ0v) is 9.76. The third-order valence-corrected chi connectivity index (χ3v) is 3.20. The molecule has 1 atom stereocenters. The number of nitrogen functional groups attached to an aromatic ring is 1. The number of aromatic nitrogens is 1. The molecule has 1 unspecified atom stereocenters. The highest BCUT2D eigenvalue weighted by atomic mass is 32.1. The summed E-state index contributed by atoms with van der Waals surface area (Å²) in [5.41, 5.74) is 5.85. The molecule has 3 N–H and O–H groups in total. The normalized spacial score (nSPS) is 19.9. The van der Waals surface area contributed by atoms with E-state index in [9.17, 15) is 4.79 Å². The first kappa shape index (κ1) is 11.3. The molecule has 1 amide bonds. The Labute approximate surface area is 98.0 Å². The summed E-state index contributed by atoms with van der Waals surface area (Å²) in [5.74, 6) is -0.161. The molecule has 2 rings (SSSR count). The SMILES string of the molecule is Nc1nc(C(=O)NCCC2CCCO2)cs1. The summed E-state index contributed by atoms with van der Waals surface area (Å²) in [7, 11) is 0. The number of thiazole rings is 1. The monoisotopic (exact) mass is 241 g/mol. The van der Waals surface area contributed by atoms with Crippen LogP contribution in [0.2, 0.25) is 0 Å². The van der Waals surface area contributed by atoms with E-state index in [0.717, 1.165) is 25.9 Å². The van der Waals surface area contributed by atoms with Crippen molar-refractivity contribution in [3.63, 3.8) is 0 Å². The van der Waals surface area contributed by atoms with Crippen molar-refractivity contribution in [2.24, 2.45) is 0 Å². The standard InChI is InChI=1S/C10H15N3O2S/c11-10-13-8(6-16-10)9(14)12-4-3-7-2-1-5-15-7/h6-7H,1-5H2,(H2,11,13)(H,12,14). The van der Waals surface area contributed by atoms with E-state index >= 15 is 0 Å². The van der Waals surface area contributed by atoms with Gasteiger partial charge in [0.2, 0.25) is 0 Å². The number of rotatable bonds is 4. The van der Waals surface area contributed by atoms with Crippen LogP contribution < -0.4 is 11.1 Å². The van der Waals surface area contributed by atoms with E-state index in [1.54, 1.807) is 5.38 Å². The molecule has 1 fully saturated rings. The lowest BCUT2D eigenvalue weighted by molar-refractivity contribution is 0.0904. The van der Waals surface area contributed by atoms with Gasteiger partial charge in [-0.15, -0.1) is 11.3 Å². The van der Waals surface area contributed by atoms with Gasteiger partial charge in [0.25, 0.3) is 5.91 Å². The molecule has 16 heavy (non-hydrogen) atoms. The van der Waals surface area contributed by atoms with Crippen molar-refractivity contribution in [2.45, 2.75) is 25.4 Å². The Morgan fingerprint density at radius 1 is 1.75 bits per heavy atom. The quantitative estimate of drug-likeness (QED) is 0.825. The molecule has 2 heterocycles. The molecule has 5 nitrogen and oxygen atoms in total. The van der Waals surface area contributed by atoms with Crippen LogP contribution in [0.4, 0.5) is 5.13 Å². The van der Waals surface area contributed by atoms with Gasteiger partial charge < -0.3 is 15.8 Å². The van der Waals surface area contributed by atoms with E-state index in [1.165, 1.54) is 11.3 Å². The molecule has 0 spiro atoms. The van der Waals surface area contributed by atoms with Crippen molar-refractivity contribution in [3.8, 4) is 0 Å². The van der Waals surface area contributed by atoms with Gasteiger partial charge in [0.1, 0.15) is 5.69 Å². The third-order valence-electron chi connectivity index (χ3n) is 2.53. The second-order valence-electron chi connectivity index (χ2n) is 3.75. The van der Waals surface area contributed by atoms with Crippen LogP contribution in [0.25, 0.3) is 0 Å². The number of hydrogen-bond donors (Lipinski definition) is 2. The smallest absolute Gasteiger partial charge is 0.270 e. The van der Waals surface area contributed by atoms with E-state index in [-0.39, 0.29) is 5.91 Å². The van der Waals surface area contributed by atoms with E-state index in [4.69, 9.17) is 10.5 Å². The molecular weight excluding hydrogens is 226 g/mol. The Morgan fingerprint density at radius 3 is 3.25 bits per heavy atom. The van der Waals surface area contributed by atoms with Gasteiger partial charge in [-0.1, -0.05) is 0 Å².